The average Bonchev–Trinajstić information content (AvgIpc) is 2.61. The third-order valence-electron chi connectivity index (χ3n) is 2.25. The summed E-state index contributed by atoms with van der Waals surface area (Å²) in [6.07, 6.45) is 1.82. The van der Waals surface area contributed by atoms with E-state index in [1.807, 2.05) is 17.5 Å². The maximum atomic E-state index is 10.8. The maximum Gasteiger partial charge on any atom is 0.151 e. The Hall–Kier alpha value is -0.860. The lowest BCUT2D eigenvalue weighted by molar-refractivity contribution is 0.112. The van der Waals surface area contributed by atoms with E-state index in [2.05, 4.69) is 6.92 Å². The van der Waals surface area contributed by atoms with Gasteiger partial charge in [0.15, 0.2) is 6.29 Å². The molecule has 1 aromatic carbocycles. The second-order valence-corrected chi connectivity index (χ2v) is 4.40. The van der Waals surface area contributed by atoms with Crippen LogP contribution in [0.3, 0.4) is 0 Å². The molecule has 0 saturated carbocycles. The molecule has 0 saturated heterocycles. The Morgan fingerprint density at radius 2 is 2.29 bits per heavy atom. The van der Waals surface area contributed by atoms with Crippen LogP contribution in [0.4, 0.5) is 0 Å². The smallest absolute Gasteiger partial charge is 0.151 e. The number of hydrogen-bond donors (Lipinski definition) is 0. The highest BCUT2D eigenvalue weighted by Gasteiger charge is 2.07. The second kappa shape index (κ2) is 3.71. The van der Waals surface area contributed by atoms with Gasteiger partial charge < -0.3 is 0 Å². The minimum absolute atomic E-state index is 0.738. The molecule has 0 aliphatic carbocycles. The molecule has 0 bridgehead atoms. The van der Waals surface area contributed by atoms with E-state index >= 15 is 0 Å². The molecular formula is C11H9ClOS. The van der Waals surface area contributed by atoms with Crippen LogP contribution in [-0.2, 0) is 6.42 Å². The lowest BCUT2D eigenvalue weighted by Crippen LogP contribution is -1.82. The number of carbonyl (C=O) groups is 1. The third kappa shape index (κ3) is 1.45. The second-order valence-electron chi connectivity index (χ2n) is 3.12. The van der Waals surface area contributed by atoms with Crippen LogP contribution in [0.15, 0.2) is 17.5 Å². The Morgan fingerprint density at radius 1 is 1.50 bits per heavy atom. The van der Waals surface area contributed by atoms with Gasteiger partial charge in [-0.05, 0) is 24.1 Å². The van der Waals surface area contributed by atoms with Crippen LogP contribution < -0.4 is 0 Å². The van der Waals surface area contributed by atoms with Crippen molar-refractivity contribution in [1.82, 2.24) is 0 Å². The fourth-order valence-corrected chi connectivity index (χ4v) is 2.74. The number of rotatable bonds is 2. The summed E-state index contributed by atoms with van der Waals surface area (Å²) in [5, 5.41) is 3.58. The van der Waals surface area contributed by atoms with Gasteiger partial charge in [0.05, 0.1) is 9.72 Å². The molecule has 1 nitrogen and oxygen atoms in total. The van der Waals surface area contributed by atoms with E-state index in [0.717, 1.165) is 33.4 Å². The fraction of sp³-hybridized carbons (Fsp3) is 0.182. The minimum Gasteiger partial charge on any atom is -0.298 e. The third-order valence-corrected chi connectivity index (χ3v) is 3.71. The van der Waals surface area contributed by atoms with Gasteiger partial charge in [-0.3, -0.25) is 4.79 Å². The van der Waals surface area contributed by atoms with Crippen LogP contribution in [0.5, 0.6) is 0 Å². The number of aldehydes is 1. The van der Waals surface area contributed by atoms with Crippen LogP contribution in [0, 0.1) is 0 Å². The van der Waals surface area contributed by atoms with Crippen molar-refractivity contribution in [2.45, 2.75) is 13.3 Å². The summed E-state index contributed by atoms with van der Waals surface area (Å²) in [7, 11) is 0. The molecule has 1 aromatic heterocycles. The summed E-state index contributed by atoms with van der Waals surface area (Å²) in [6.45, 7) is 2.07. The van der Waals surface area contributed by atoms with E-state index in [9.17, 15) is 4.79 Å². The first-order valence-corrected chi connectivity index (χ1v) is 5.66. The molecule has 0 fully saturated rings. The highest BCUT2D eigenvalue weighted by molar-refractivity contribution is 7.18. The molecule has 0 unspecified atom stereocenters. The largest absolute Gasteiger partial charge is 0.298 e. The van der Waals surface area contributed by atoms with Crippen molar-refractivity contribution < 1.29 is 4.79 Å². The molecule has 1 heterocycles. The number of hydrogen-bond acceptors (Lipinski definition) is 2. The van der Waals surface area contributed by atoms with Crippen LogP contribution in [0.25, 0.3) is 10.1 Å². The highest BCUT2D eigenvalue weighted by atomic mass is 35.5. The van der Waals surface area contributed by atoms with Crippen LogP contribution in [0.1, 0.15) is 22.8 Å². The molecule has 2 rings (SSSR count). The normalized spacial score (nSPS) is 10.7. The van der Waals surface area contributed by atoms with Gasteiger partial charge in [0, 0.05) is 16.3 Å². The predicted octanol–water partition coefficient (Wildman–Crippen LogP) is 3.93. The number of fused-ring (bicyclic) bond motifs is 1. The Kier molecular flexibility index (Phi) is 2.57. The minimum atomic E-state index is 0.738. The highest BCUT2D eigenvalue weighted by Crippen LogP contribution is 2.32. The first kappa shape index (κ1) is 9.69. The summed E-state index contributed by atoms with van der Waals surface area (Å²) >= 11 is 7.63. The van der Waals surface area contributed by atoms with Crippen LogP contribution in [-0.4, -0.2) is 6.29 Å². The van der Waals surface area contributed by atoms with Gasteiger partial charge in [-0.15, -0.1) is 11.3 Å². The molecule has 3 heteroatoms. The molecule has 0 amide bonds. The number of thiophene rings is 1. The van der Waals surface area contributed by atoms with Crippen molar-refractivity contribution in [3.63, 3.8) is 0 Å². The van der Waals surface area contributed by atoms with E-state index < -0.39 is 0 Å². The van der Waals surface area contributed by atoms with Gasteiger partial charge >= 0.3 is 0 Å². The van der Waals surface area contributed by atoms with Crippen molar-refractivity contribution in [2.24, 2.45) is 0 Å². The molecule has 0 aliphatic heterocycles. The lowest BCUT2D eigenvalue weighted by Gasteiger charge is -1.99. The van der Waals surface area contributed by atoms with Gasteiger partial charge in [0.1, 0.15) is 0 Å². The lowest BCUT2D eigenvalue weighted by atomic mass is 10.1. The van der Waals surface area contributed by atoms with E-state index in [-0.39, 0.29) is 0 Å². The van der Waals surface area contributed by atoms with Crippen LogP contribution in [0.2, 0.25) is 5.02 Å². The average molecular weight is 225 g/mol. The van der Waals surface area contributed by atoms with Crippen molar-refractivity contribution in [3.05, 3.63) is 33.7 Å². The molecule has 0 spiro atoms. The number of halogens is 1. The Bertz CT molecular complexity index is 487. The quantitative estimate of drug-likeness (QED) is 0.707. The Morgan fingerprint density at radius 3 is 2.93 bits per heavy atom. The Labute approximate surface area is 91.3 Å². The van der Waals surface area contributed by atoms with Gasteiger partial charge in [0.25, 0.3) is 0 Å². The maximum absolute atomic E-state index is 10.8. The van der Waals surface area contributed by atoms with Gasteiger partial charge in [0.2, 0.25) is 0 Å². The number of aryl methyl sites for hydroxylation is 1. The van der Waals surface area contributed by atoms with Gasteiger partial charge in [-0.2, -0.15) is 0 Å². The zero-order valence-corrected chi connectivity index (χ0v) is 9.28. The zero-order chi connectivity index (χ0) is 10.1. The summed E-state index contributed by atoms with van der Waals surface area (Å²) in [6, 6.07) is 4.01. The summed E-state index contributed by atoms with van der Waals surface area (Å²) in [5.74, 6) is 0. The molecular weight excluding hydrogens is 216 g/mol. The standard InChI is InChI=1S/C11H9ClOS/c1-2-7-3-9-8(5-13)6-14-11(9)10(12)4-7/h3-6H,2H2,1H3. The topological polar surface area (TPSA) is 17.1 Å². The molecule has 72 valence electrons. The number of carbonyl (C=O) groups excluding carboxylic acids is 1. The van der Waals surface area contributed by atoms with Crippen molar-refractivity contribution in [3.8, 4) is 0 Å². The zero-order valence-electron chi connectivity index (χ0n) is 7.71. The predicted molar refractivity (Wildman–Crippen MR) is 61.6 cm³/mol. The van der Waals surface area contributed by atoms with E-state index in [0.29, 0.717) is 0 Å². The molecule has 0 radical (unpaired) electrons. The van der Waals surface area contributed by atoms with Gasteiger partial charge in [-0.1, -0.05) is 18.5 Å². The van der Waals surface area contributed by atoms with Crippen molar-refractivity contribution in [2.75, 3.05) is 0 Å². The SMILES string of the molecule is CCc1cc(Cl)c2scc(C=O)c2c1. The fourth-order valence-electron chi connectivity index (χ4n) is 1.47. The summed E-state index contributed by atoms with van der Waals surface area (Å²) < 4.78 is 1.01. The van der Waals surface area contributed by atoms with E-state index in [1.54, 1.807) is 0 Å². The Balaban J connectivity index is 2.79. The summed E-state index contributed by atoms with van der Waals surface area (Å²) in [5.41, 5.74) is 1.91. The van der Waals surface area contributed by atoms with E-state index in [1.165, 1.54) is 16.9 Å². The molecule has 14 heavy (non-hydrogen) atoms. The van der Waals surface area contributed by atoms with Crippen LogP contribution >= 0.6 is 22.9 Å². The van der Waals surface area contributed by atoms with E-state index in [4.69, 9.17) is 11.6 Å². The van der Waals surface area contributed by atoms with Gasteiger partial charge in [-0.25, -0.2) is 0 Å². The molecule has 0 aliphatic rings. The molecule has 2 aromatic rings. The summed E-state index contributed by atoms with van der Waals surface area (Å²) in [4.78, 5) is 10.8. The first-order chi connectivity index (χ1) is 6.76. The first-order valence-electron chi connectivity index (χ1n) is 4.41. The molecule has 0 atom stereocenters. The number of benzene rings is 1. The van der Waals surface area contributed by atoms with Crippen molar-refractivity contribution >= 4 is 39.3 Å². The van der Waals surface area contributed by atoms with Crippen molar-refractivity contribution in [1.29, 1.82) is 0 Å². The monoisotopic (exact) mass is 224 g/mol. The molecule has 0 N–H and O–H groups in total.